The number of thiophene rings is 1. The van der Waals surface area contributed by atoms with E-state index >= 15 is 0 Å². The highest BCUT2D eigenvalue weighted by Gasteiger charge is 2.37. The summed E-state index contributed by atoms with van der Waals surface area (Å²) in [6, 6.07) is 51.0. The first-order chi connectivity index (χ1) is 22.6. The molecule has 0 unspecified atom stereocenters. The number of hydrogen-bond acceptors (Lipinski definition) is 3. The van der Waals surface area contributed by atoms with Gasteiger partial charge >= 0.3 is 0 Å². The number of para-hydroxylation sites is 1. The largest absolute Gasteiger partial charge is 0.456 e. The Morgan fingerprint density at radius 1 is 0.543 bits per heavy atom. The van der Waals surface area contributed by atoms with Gasteiger partial charge in [-0.3, -0.25) is 0 Å². The quantitative estimate of drug-likeness (QED) is 0.199. The van der Waals surface area contributed by atoms with E-state index in [-0.39, 0.29) is 5.41 Å². The summed E-state index contributed by atoms with van der Waals surface area (Å²) in [5, 5.41) is 7.47. The number of furan rings is 1. The molecule has 2 heterocycles. The maximum Gasteiger partial charge on any atom is 0.137 e. The Labute approximate surface area is 270 Å². The second-order valence-electron chi connectivity index (χ2n) is 12.9. The summed E-state index contributed by atoms with van der Waals surface area (Å²) in [5.74, 6) is 0. The smallest absolute Gasteiger partial charge is 0.137 e. The second kappa shape index (κ2) is 9.32. The molecule has 9 aromatic rings. The van der Waals surface area contributed by atoms with Gasteiger partial charge in [0.25, 0.3) is 0 Å². The molecule has 3 heteroatoms. The number of anilines is 3. The van der Waals surface area contributed by atoms with Crippen molar-refractivity contribution in [3.8, 4) is 11.1 Å². The standard InChI is InChI=1S/C43H29NOS/c1-43(2)34-13-6-3-11-32(34)42-35(43)14-9-15-36(42)44(28-20-22-31-30-10-4-7-16-37(30)45-38(31)25-28)27-19-21-29-26(24-27)18-23-40-41(29)33-12-5-8-17-39(33)46-40/h3-25H,1-2H3. The van der Waals surface area contributed by atoms with E-state index in [9.17, 15) is 0 Å². The van der Waals surface area contributed by atoms with Crippen molar-refractivity contribution in [2.24, 2.45) is 0 Å². The van der Waals surface area contributed by atoms with E-state index in [1.165, 1.54) is 58.9 Å². The predicted octanol–water partition coefficient (Wildman–Crippen LogP) is 12.9. The Morgan fingerprint density at radius 2 is 1.26 bits per heavy atom. The molecule has 0 radical (unpaired) electrons. The Balaban J connectivity index is 1.25. The molecule has 0 saturated carbocycles. The van der Waals surface area contributed by atoms with Gasteiger partial charge in [0, 0.05) is 59.4 Å². The Kier molecular flexibility index (Phi) is 5.25. The monoisotopic (exact) mass is 607 g/mol. The zero-order valence-electron chi connectivity index (χ0n) is 25.5. The van der Waals surface area contributed by atoms with Crippen molar-refractivity contribution in [3.63, 3.8) is 0 Å². The molecule has 10 rings (SSSR count). The van der Waals surface area contributed by atoms with Crippen LogP contribution in [-0.4, -0.2) is 0 Å². The lowest BCUT2D eigenvalue weighted by Gasteiger charge is -2.29. The molecule has 2 aromatic heterocycles. The minimum absolute atomic E-state index is 0.0920. The fraction of sp³-hybridized carbons (Fsp3) is 0.0698. The van der Waals surface area contributed by atoms with Gasteiger partial charge in [0.15, 0.2) is 0 Å². The van der Waals surface area contributed by atoms with E-state index in [4.69, 9.17) is 4.42 Å². The second-order valence-corrected chi connectivity index (χ2v) is 14.0. The van der Waals surface area contributed by atoms with Crippen LogP contribution in [0.15, 0.2) is 144 Å². The molecule has 0 aliphatic heterocycles. The zero-order chi connectivity index (χ0) is 30.6. The number of fused-ring (bicyclic) bond motifs is 11. The topological polar surface area (TPSA) is 16.4 Å². The van der Waals surface area contributed by atoms with Gasteiger partial charge in [-0.15, -0.1) is 11.3 Å². The minimum Gasteiger partial charge on any atom is -0.456 e. The lowest BCUT2D eigenvalue weighted by atomic mass is 9.82. The molecule has 0 N–H and O–H groups in total. The zero-order valence-corrected chi connectivity index (χ0v) is 26.4. The molecule has 0 fully saturated rings. The van der Waals surface area contributed by atoms with Gasteiger partial charge in [0.05, 0.1) is 5.69 Å². The van der Waals surface area contributed by atoms with Crippen molar-refractivity contribution in [1.82, 2.24) is 0 Å². The summed E-state index contributed by atoms with van der Waals surface area (Å²) >= 11 is 1.87. The molecule has 0 amide bonds. The molecule has 0 bridgehead atoms. The average Bonchev–Trinajstić information content (AvgIpc) is 3.73. The van der Waals surface area contributed by atoms with Crippen molar-refractivity contribution < 1.29 is 4.42 Å². The molecule has 7 aromatic carbocycles. The Morgan fingerprint density at radius 3 is 2.17 bits per heavy atom. The third kappa shape index (κ3) is 3.52. The number of hydrogen-bond donors (Lipinski definition) is 0. The molecule has 0 spiro atoms. The lowest BCUT2D eigenvalue weighted by Crippen LogP contribution is -2.16. The van der Waals surface area contributed by atoms with Crippen LogP contribution >= 0.6 is 11.3 Å². The van der Waals surface area contributed by atoms with Crippen LogP contribution in [0.25, 0.3) is 64.0 Å². The van der Waals surface area contributed by atoms with E-state index in [2.05, 4.69) is 146 Å². The summed E-state index contributed by atoms with van der Waals surface area (Å²) in [6.45, 7) is 4.69. The molecule has 1 aliphatic carbocycles. The van der Waals surface area contributed by atoms with Crippen LogP contribution in [0.3, 0.4) is 0 Å². The molecule has 0 saturated heterocycles. The molecular formula is C43H29NOS. The van der Waals surface area contributed by atoms with E-state index in [1.54, 1.807) is 0 Å². The van der Waals surface area contributed by atoms with E-state index < -0.39 is 0 Å². The first-order valence-corrected chi connectivity index (χ1v) is 16.7. The predicted molar refractivity (Wildman–Crippen MR) is 196 cm³/mol. The minimum atomic E-state index is -0.0920. The highest BCUT2D eigenvalue weighted by molar-refractivity contribution is 7.26. The van der Waals surface area contributed by atoms with Crippen LogP contribution in [0.5, 0.6) is 0 Å². The van der Waals surface area contributed by atoms with Crippen molar-refractivity contribution in [3.05, 3.63) is 151 Å². The van der Waals surface area contributed by atoms with E-state index in [0.29, 0.717) is 0 Å². The van der Waals surface area contributed by atoms with Crippen LogP contribution < -0.4 is 4.90 Å². The van der Waals surface area contributed by atoms with Crippen molar-refractivity contribution in [2.75, 3.05) is 4.90 Å². The van der Waals surface area contributed by atoms with Gasteiger partial charge in [-0.25, -0.2) is 0 Å². The summed E-state index contributed by atoms with van der Waals surface area (Å²) < 4.78 is 9.08. The van der Waals surface area contributed by atoms with Crippen LogP contribution in [-0.2, 0) is 5.41 Å². The molecular weight excluding hydrogens is 579 g/mol. The highest BCUT2D eigenvalue weighted by atomic mass is 32.1. The Hall–Kier alpha value is -5.38. The van der Waals surface area contributed by atoms with Crippen LogP contribution in [0.1, 0.15) is 25.0 Å². The van der Waals surface area contributed by atoms with Gasteiger partial charge in [-0.2, -0.15) is 0 Å². The van der Waals surface area contributed by atoms with Gasteiger partial charge in [-0.1, -0.05) is 98.8 Å². The SMILES string of the molecule is CC1(C)c2ccccc2-c2c(N(c3ccc4c(ccc5sc6ccccc6c54)c3)c3ccc4c(c3)oc3ccccc34)cccc21. The normalized spacial score (nSPS) is 13.6. The molecule has 2 nitrogen and oxygen atoms in total. The summed E-state index contributed by atoms with van der Waals surface area (Å²) in [5.41, 5.74) is 10.4. The first-order valence-electron chi connectivity index (χ1n) is 15.9. The lowest BCUT2D eigenvalue weighted by molar-refractivity contribution is 0.660. The van der Waals surface area contributed by atoms with Gasteiger partial charge < -0.3 is 9.32 Å². The number of rotatable bonds is 3. The summed E-state index contributed by atoms with van der Waals surface area (Å²) in [6.07, 6.45) is 0. The maximum atomic E-state index is 6.42. The molecule has 46 heavy (non-hydrogen) atoms. The molecule has 218 valence electrons. The first kappa shape index (κ1) is 25.9. The van der Waals surface area contributed by atoms with Crippen LogP contribution in [0.4, 0.5) is 17.1 Å². The average molecular weight is 608 g/mol. The van der Waals surface area contributed by atoms with Gasteiger partial charge in [0.2, 0.25) is 0 Å². The number of benzene rings is 7. The van der Waals surface area contributed by atoms with E-state index in [1.807, 2.05) is 23.5 Å². The molecule has 0 atom stereocenters. The fourth-order valence-corrected chi connectivity index (χ4v) is 9.00. The fourth-order valence-electron chi connectivity index (χ4n) is 7.88. The summed E-state index contributed by atoms with van der Waals surface area (Å²) in [7, 11) is 0. The summed E-state index contributed by atoms with van der Waals surface area (Å²) in [4.78, 5) is 2.43. The third-order valence-electron chi connectivity index (χ3n) is 10.0. The van der Waals surface area contributed by atoms with Crippen LogP contribution in [0.2, 0.25) is 0 Å². The number of nitrogens with zero attached hydrogens (tertiary/aromatic N) is 1. The molecule has 1 aliphatic rings. The van der Waals surface area contributed by atoms with Gasteiger partial charge in [0.1, 0.15) is 11.2 Å². The van der Waals surface area contributed by atoms with E-state index in [0.717, 1.165) is 33.3 Å². The van der Waals surface area contributed by atoms with Crippen molar-refractivity contribution >= 4 is 81.3 Å². The van der Waals surface area contributed by atoms with Crippen molar-refractivity contribution in [1.29, 1.82) is 0 Å². The highest BCUT2D eigenvalue weighted by Crippen LogP contribution is 2.54. The maximum absolute atomic E-state index is 6.42. The van der Waals surface area contributed by atoms with Crippen LogP contribution in [0, 0.1) is 0 Å². The van der Waals surface area contributed by atoms with Gasteiger partial charge in [-0.05, 0) is 76.0 Å². The van der Waals surface area contributed by atoms with Crippen molar-refractivity contribution in [2.45, 2.75) is 19.3 Å². The Bertz CT molecular complexity index is 2690. The third-order valence-corrected chi connectivity index (χ3v) is 11.2.